The van der Waals surface area contributed by atoms with E-state index in [1.807, 2.05) is 4.72 Å². The van der Waals surface area contributed by atoms with E-state index in [4.69, 9.17) is 5.73 Å². The van der Waals surface area contributed by atoms with E-state index in [-0.39, 0.29) is 25.2 Å². The Bertz CT molecular complexity index is 697. The van der Waals surface area contributed by atoms with Gasteiger partial charge in [-0.05, 0) is 18.6 Å². The third-order valence-corrected chi connectivity index (χ3v) is 4.54. The smallest absolute Gasteiger partial charge is 0.246 e. The van der Waals surface area contributed by atoms with Gasteiger partial charge in [0.05, 0.1) is 6.26 Å². The number of hydrogen-bond acceptors (Lipinski definition) is 5. The zero-order chi connectivity index (χ0) is 16.3. The molecule has 0 bridgehead atoms. The van der Waals surface area contributed by atoms with Gasteiger partial charge in [-0.3, -0.25) is 0 Å². The van der Waals surface area contributed by atoms with Crippen LogP contribution < -0.4 is 15.2 Å². The Kier molecular flexibility index (Phi) is 5.61. The van der Waals surface area contributed by atoms with Crippen molar-refractivity contribution in [2.24, 2.45) is 0 Å². The molecule has 11 heteroatoms. The van der Waals surface area contributed by atoms with Crippen molar-refractivity contribution in [2.45, 2.75) is 11.3 Å². The summed E-state index contributed by atoms with van der Waals surface area (Å²) in [5.74, 6) is -2.59. The molecule has 7 nitrogen and oxygen atoms in total. The van der Waals surface area contributed by atoms with E-state index >= 15 is 0 Å². The average Bonchev–Trinajstić information content (AvgIpc) is 2.24. The zero-order valence-electron chi connectivity index (χ0n) is 11.1. The molecule has 0 atom stereocenters. The van der Waals surface area contributed by atoms with Crippen molar-refractivity contribution >= 4 is 25.7 Å². The summed E-state index contributed by atoms with van der Waals surface area (Å²) >= 11 is 0. The van der Waals surface area contributed by atoms with Crippen molar-refractivity contribution in [1.29, 1.82) is 0 Å². The fourth-order valence-corrected chi connectivity index (χ4v) is 3.16. The highest BCUT2D eigenvalue weighted by Crippen LogP contribution is 2.21. The Hall–Kier alpha value is -1.30. The van der Waals surface area contributed by atoms with Crippen LogP contribution in [-0.4, -0.2) is 36.2 Å². The Balaban J connectivity index is 2.71. The van der Waals surface area contributed by atoms with Crippen LogP contribution in [0.3, 0.4) is 0 Å². The molecular weight excluding hydrogens is 328 g/mol. The second kappa shape index (κ2) is 6.64. The van der Waals surface area contributed by atoms with E-state index in [9.17, 15) is 25.6 Å². The standard InChI is InChI=1S/C10H15F2N3O4S2/c1-20(16,17)14-3-2-4-15-21(18,19)10-8(11)5-7(13)6-9(10)12/h5-6,14-15H,2-4,13H2,1H3. The van der Waals surface area contributed by atoms with Crippen LogP contribution in [0, 0.1) is 11.6 Å². The predicted molar refractivity (Wildman–Crippen MR) is 73.4 cm³/mol. The summed E-state index contributed by atoms with van der Waals surface area (Å²) < 4.78 is 76.2. The minimum atomic E-state index is -4.39. The highest BCUT2D eigenvalue weighted by molar-refractivity contribution is 7.89. The third-order valence-electron chi connectivity index (χ3n) is 2.30. The fourth-order valence-electron chi connectivity index (χ4n) is 1.46. The van der Waals surface area contributed by atoms with Gasteiger partial charge in [0, 0.05) is 18.8 Å². The Morgan fingerprint density at radius 1 is 1.05 bits per heavy atom. The van der Waals surface area contributed by atoms with Crippen molar-refractivity contribution in [3.05, 3.63) is 23.8 Å². The molecule has 4 N–H and O–H groups in total. The number of hydrogen-bond donors (Lipinski definition) is 3. The molecule has 0 aliphatic carbocycles. The number of rotatable bonds is 7. The largest absolute Gasteiger partial charge is 0.399 e. The van der Waals surface area contributed by atoms with E-state index in [2.05, 4.69) is 4.72 Å². The molecule has 0 radical (unpaired) electrons. The molecule has 0 heterocycles. The molecule has 0 aromatic heterocycles. The molecule has 1 rings (SSSR count). The molecule has 0 saturated heterocycles. The number of benzene rings is 1. The molecule has 0 saturated carbocycles. The minimum Gasteiger partial charge on any atom is -0.399 e. The maximum Gasteiger partial charge on any atom is 0.246 e. The lowest BCUT2D eigenvalue weighted by molar-refractivity contribution is 0.514. The first-order valence-corrected chi connectivity index (χ1v) is 9.09. The zero-order valence-corrected chi connectivity index (χ0v) is 12.7. The Labute approximate surface area is 121 Å². The van der Waals surface area contributed by atoms with Gasteiger partial charge in [-0.15, -0.1) is 0 Å². The van der Waals surface area contributed by atoms with Gasteiger partial charge in [-0.25, -0.2) is 35.1 Å². The minimum absolute atomic E-state index is 0.00590. The third kappa shape index (κ3) is 5.53. The van der Waals surface area contributed by atoms with Crippen molar-refractivity contribution in [1.82, 2.24) is 9.44 Å². The molecule has 1 aromatic carbocycles. The van der Waals surface area contributed by atoms with E-state index < -0.39 is 36.6 Å². The lowest BCUT2D eigenvalue weighted by Crippen LogP contribution is -2.30. The van der Waals surface area contributed by atoms with Crippen LogP contribution in [0.15, 0.2) is 17.0 Å². The Morgan fingerprint density at radius 3 is 2.00 bits per heavy atom. The first-order valence-electron chi connectivity index (χ1n) is 5.72. The van der Waals surface area contributed by atoms with Crippen LogP contribution in [0.4, 0.5) is 14.5 Å². The van der Waals surface area contributed by atoms with Gasteiger partial charge in [0.1, 0.15) is 11.6 Å². The van der Waals surface area contributed by atoms with Crippen LogP contribution in [0.2, 0.25) is 0 Å². The molecule has 0 amide bonds. The molecule has 0 unspecified atom stereocenters. The molecular formula is C10H15F2N3O4S2. The van der Waals surface area contributed by atoms with Gasteiger partial charge in [-0.1, -0.05) is 0 Å². The second-order valence-corrected chi connectivity index (χ2v) is 7.77. The number of nitrogens with two attached hydrogens (primary N) is 1. The Morgan fingerprint density at radius 2 is 1.52 bits per heavy atom. The maximum atomic E-state index is 13.5. The SMILES string of the molecule is CS(=O)(=O)NCCCNS(=O)(=O)c1c(F)cc(N)cc1F. The molecule has 120 valence electrons. The molecule has 0 aliphatic rings. The molecule has 1 aromatic rings. The van der Waals surface area contributed by atoms with Crippen LogP contribution >= 0.6 is 0 Å². The number of nitrogen functional groups attached to an aromatic ring is 1. The van der Waals surface area contributed by atoms with Gasteiger partial charge in [-0.2, -0.15) is 0 Å². The van der Waals surface area contributed by atoms with Gasteiger partial charge in [0.2, 0.25) is 20.0 Å². The van der Waals surface area contributed by atoms with Crippen LogP contribution in [0.1, 0.15) is 6.42 Å². The number of anilines is 1. The van der Waals surface area contributed by atoms with Gasteiger partial charge in [0.15, 0.2) is 4.90 Å². The maximum absolute atomic E-state index is 13.5. The van der Waals surface area contributed by atoms with E-state index in [1.54, 1.807) is 0 Å². The van der Waals surface area contributed by atoms with E-state index in [0.717, 1.165) is 6.26 Å². The molecule has 21 heavy (non-hydrogen) atoms. The topological polar surface area (TPSA) is 118 Å². The summed E-state index contributed by atoms with van der Waals surface area (Å²) in [5.41, 5.74) is 4.96. The summed E-state index contributed by atoms with van der Waals surface area (Å²) in [6.07, 6.45) is 1.07. The van der Waals surface area contributed by atoms with Gasteiger partial charge >= 0.3 is 0 Å². The normalized spacial score (nSPS) is 12.5. The highest BCUT2D eigenvalue weighted by Gasteiger charge is 2.24. The van der Waals surface area contributed by atoms with Crippen molar-refractivity contribution in [3.8, 4) is 0 Å². The number of halogens is 2. The highest BCUT2D eigenvalue weighted by atomic mass is 32.2. The second-order valence-electron chi connectivity index (χ2n) is 4.23. The van der Waals surface area contributed by atoms with Crippen molar-refractivity contribution in [2.75, 3.05) is 25.1 Å². The first kappa shape index (κ1) is 17.8. The van der Waals surface area contributed by atoms with E-state index in [1.165, 1.54) is 0 Å². The molecule has 0 fully saturated rings. The van der Waals surface area contributed by atoms with Crippen LogP contribution in [0.25, 0.3) is 0 Å². The predicted octanol–water partition coefficient (Wildman–Crippen LogP) is -0.235. The lowest BCUT2D eigenvalue weighted by Gasteiger charge is -2.09. The van der Waals surface area contributed by atoms with Crippen molar-refractivity contribution in [3.63, 3.8) is 0 Å². The average molecular weight is 343 g/mol. The summed E-state index contributed by atoms with van der Waals surface area (Å²) in [4.78, 5) is -1.12. The van der Waals surface area contributed by atoms with Gasteiger partial charge < -0.3 is 5.73 Å². The van der Waals surface area contributed by atoms with Gasteiger partial charge in [0.25, 0.3) is 0 Å². The van der Waals surface area contributed by atoms with Crippen LogP contribution in [0.5, 0.6) is 0 Å². The summed E-state index contributed by atoms with van der Waals surface area (Å²) in [5, 5.41) is 0. The molecule has 0 aliphatic heterocycles. The summed E-state index contributed by atoms with van der Waals surface area (Å²) in [7, 11) is -7.76. The van der Waals surface area contributed by atoms with Crippen LogP contribution in [-0.2, 0) is 20.0 Å². The number of nitrogens with one attached hydrogen (secondary N) is 2. The van der Waals surface area contributed by atoms with E-state index in [0.29, 0.717) is 12.1 Å². The quantitative estimate of drug-likeness (QED) is 0.467. The summed E-state index contributed by atoms with van der Waals surface area (Å²) in [6.45, 7) is -0.192. The number of sulfonamides is 2. The molecule has 0 spiro atoms. The monoisotopic (exact) mass is 343 g/mol. The first-order chi connectivity index (χ1) is 9.53. The summed E-state index contributed by atoms with van der Waals surface area (Å²) in [6, 6.07) is 1.39. The lowest BCUT2D eigenvalue weighted by atomic mass is 10.3. The fraction of sp³-hybridized carbons (Fsp3) is 0.400. The van der Waals surface area contributed by atoms with Crippen molar-refractivity contribution < 1.29 is 25.6 Å².